The zero-order valence-electron chi connectivity index (χ0n) is 10.3. The van der Waals surface area contributed by atoms with Gasteiger partial charge in [-0.15, -0.1) is 0 Å². The van der Waals surface area contributed by atoms with Gasteiger partial charge < -0.3 is 4.74 Å². The van der Waals surface area contributed by atoms with Crippen LogP contribution in [0.5, 0.6) is 0 Å². The Morgan fingerprint density at radius 1 is 1.06 bits per heavy atom. The van der Waals surface area contributed by atoms with Gasteiger partial charge in [-0.3, -0.25) is 4.98 Å². The second kappa shape index (κ2) is 5.60. The number of pyridine rings is 1. The molecule has 0 spiro atoms. The zero-order valence-corrected chi connectivity index (χ0v) is 10.3. The predicted molar refractivity (Wildman–Crippen MR) is 69.7 cm³/mol. The first-order valence-corrected chi connectivity index (χ1v) is 5.91. The molecule has 0 saturated carbocycles. The molecule has 17 heavy (non-hydrogen) atoms. The number of hydrogen-bond acceptors (Lipinski definition) is 2. The number of nitrogens with zero attached hydrogens (tertiary/aromatic N) is 1. The van der Waals surface area contributed by atoms with E-state index in [1.54, 1.807) is 0 Å². The minimum Gasteiger partial charge on any atom is -0.375 e. The van der Waals surface area contributed by atoms with E-state index in [1.165, 1.54) is 11.1 Å². The van der Waals surface area contributed by atoms with Gasteiger partial charge in [0.05, 0.1) is 18.0 Å². The summed E-state index contributed by atoms with van der Waals surface area (Å²) in [6.45, 7) is 5.39. The average molecular weight is 227 g/mol. The number of ether oxygens (including phenoxy) is 1. The summed E-state index contributed by atoms with van der Waals surface area (Å²) < 4.78 is 5.38. The van der Waals surface area contributed by atoms with Crippen LogP contribution in [0.4, 0.5) is 0 Å². The lowest BCUT2D eigenvalue weighted by molar-refractivity contribution is 0.131. The molecule has 0 bridgehead atoms. The normalized spacial score (nSPS) is 10.5. The van der Waals surface area contributed by atoms with Gasteiger partial charge >= 0.3 is 0 Å². The highest BCUT2D eigenvalue weighted by molar-refractivity contribution is 5.63. The van der Waals surface area contributed by atoms with Gasteiger partial charge in [0.25, 0.3) is 0 Å². The number of hydrogen-bond donors (Lipinski definition) is 0. The second-order valence-electron chi connectivity index (χ2n) is 3.97. The lowest BCUT2D eigenvalue weighted by Gasteiger charge is -2.07. The first kappa shape index (κ1) is 11.8. The van der Waals surface area contributed by atoms with Gasteiger partial charge in [-0.05, 0) is 31.5 Å². The van der Waals surface area contributed by atoms with Gasteiger partial charge in [0.1, 0.15) is 0 Å². The van der Waals surface area contributed by atoms with Crippen LogP contribution in [0.2, 0.25) is 0 Å². The quantitative estimate of drug-likeness (QED) is 0.796. The minimum atomic E-state index is 0.580. The molecule has 2 heteroatoms. The molecule has 0 fully saturated rings. The third kappa shape index (κ3) is 2.92. The van der Waals surface area contributed by atoms with Crippen molar-refractivity contribution >= 4 is 0 Å². The molecular weight excluding hydrogens is 210 g/mol. The summed E-state index contributed by atoms with van der Waals surface area (Å²) in [5, 5.41) is 0. The lowest BCUT2D eigenvalue weighted by Crippen LogP contribution is -1.96. The molecule has 2 rings (SSSR count). The average Bonchev–Trinajstić information content (AvgIpc) is 2.37. The minimum absolute atomic E-state index is 0.580. The Morgan fingerprint density at radius 3 is 2.65 bits per heavy atom. The Morgan fingerprint density at radius 2 is 1.88 bits per heavy atom. The van der Waals surface area contributed by atoms with Crippen LogP contribution in [0.15, 0.2) is 42.5 Å². The van der Waals surface area contributed by atoms with E-state index in [0.29, 0.717) is 6.61 Å². The van der Waals surface area contributed by atoms with Crippen molar-refractivity contribution in [1.29, 1.82) is 0 Å². The Hall–Kier alpha value is -1.67. The summed E-state index contributed by atoms with van der Waals surface area (Å²) >= 11 is 0. The van der Waals surface area contributed by atoms with Gasteiger partial charge in [0.15, 0.2) is 0 Å². The van der Waals surface area contributed by atoms with Gasteiger partial charge in [0.2, 0.25) is 0 Å². The van der Waals surface area contributed by atoms with Crippen LogP contribution in [0.25, 0.3) is 11.3 Å². The van der Waals surface area contributed by atoms with E-state index in [4.69, 9.17) is 4.74 Å². The molecule has 0 atom stereocenters. The summed E-state index contributed by atoms with van der Waals surface area (Å²) in [4.78, 5) is 4.62. The van der Waals surface area contributed by atoms with E-state index >= 15 is 0 Å². The molecule has 0 saturated heterocycles. The Bertz CT molecular complexity index is 494. The molecule has 88 valence electrons. The molecule has 2 nitrogen and oxygen atoms in total. The zero-order chi connectivity index (χ0) is 12.1. The fourth-order valence-corrected chi connectivity index (χ4v) is 1.78. The summed E-state index contributed by atoms with van der Waals surface area (Å²) in [5.41, 5.74) is 4.42. The van der Waals surface area contributed by atoms with E-state index < -0.39 is 0 Å². The van der Waals surface area contributed by atoms with Crippen LogP contribution in [-0.4, -0.2) is 11.6 Å². The first-order valence-electron chi connectivity index (χ1n) is 5.91. The van der Waals surface area contributed by atoms with E-state index in [1.807, 2.05) is 37.3 Å². The van der Waals surface area contributed by atoms with Crippen molar-refractivity contribution < 1.29 is 4.74 Å². The maximum absolute atomic E-state index is 5.38. The molecule has 0 aliphatic carbocycles. The maximum atomic E-state index is 5.38. The fourth-order valence-electron chi connectivity index (χ4n) is 1.78. The second-order valence-corrected chi connectivity index (χ2v) is 3.97. The van der Waals surface area contributed by atoms with E-state index in [0.717, 1.165) is 18.0 Å². The highest BCUT2D eigenvalue weighted by Crippen LogP contribution is 2.21. The molecule has 0 aliphatic rings. The maximum Gasteiger partial charge on any atom is 0.0887 e. The van der Waals surface area contributed by atoms with Crippen molar-refractivity contribution in [2.45, 2.75) is 20.5 Å². The van der Waals surface area contributed by atoms with Crippen LogP contribution >= 0.6 is 0 Å². The number of benzene rings is 1. The monoisotopic (exact) mass is 227 g/mol. The molecule has 2 aromatic rings. The van der Waals surface area contributed by atoms with Crippen LogP contribution in [-0.2, 0) is 11.3 Å². The van der Waals surface area contributed by atoms with Crippen molar-refractivity contribution in [1.82, 2.24) is 4.98 Å². The number of rotatable bonds is 4. The van der Waals surface area contributed by atoms with Gasteiger partial charge in [0, 0.05) is 12.2 Å². The SMILES string of the molecule is CCOCc1cccc(-c2ccccc2C)n1. The molecule has 0 amide bonds. The molecule has 0 radical (unpaired) electrons. The Balaban J connectivity index is 2.30. The summed E-state index contributed by atoms with van der Waals surface area (Å²) in [7, 11) is 0. The summed E-state index contributed by atoms with van der Waals surface area (Å²) in [6, 6.07) is 14.4. The third-order valence-electron chi connectivity index (χ3n) is 2.68. The van der Waals surface area contributed by atoms with E-state index in [9.17, 15) is 0 Å². The van der Waals surface area contributed by atoms with Crippen molar-refractivity contribution in [3.05, 3.63) is 53.7 Å². The molecule has 1 aromatic carbocycles. The molecule has 1 heterocycles. The van der Waals surface area contributed by atoms with Crippen molar-refractivity contribution in [3.8, 4) is 11.3 Å². The van der Waals surface area contributed by atoms with Gasteiger partial charge in [-0.1, -0.05) is 30.3 Å². The van der Waals surface area contributed by atoms with Crippen molar-refractivity contribution in [3.63, 3.8) is 0 Å². The molecule has 0 unspecified atom stereocenters. The summed E-state index contributed by atoms with van der Waals surface area (Å²) in [6.07, 6.45) is 0. The van der Waals surface area contributed by atoms with Gasteiger partial charge in [-0.25, -0.2) is 0 Å². The Labute approximate surface area is 102 Å². The third-order valence-corrected chi connectivity index (χ3v) is 2.68. The molecule has 0 N–H and O–H groups in total. The number of aryl methyl sites for hydroxylation is 1. The van der Waals surface area contributed by atoms with Crippen molar-refractivity contribution in [2.24, 2.45) is 0 Å². The highest BCUT2D eigenvalue weighted by Gasteiger charge is 2.03. The largest absolute Gasteiger partial charge is 0.375 e. The smallest absolute Gasteiger partial charge is 0.0887 e. The van der Waals surface area contributed by atoms with E-state index in [-0.39, 0.29) is 0 Å². The highest BCUT2D eigenvalue weighted by atomic mass is 16.5. The number of aromatic nitrogens is 1. The predicted octanol–water partition coefficient (Wildman–Crippen LogP) is 3.59. The lowest BCUT2D eigenvalue weighted by atomic mass is 10.1. The molecule has 0 aliphatic heterocycles. The Kier molecular flexibility index (Phi) is 3.89. The van der Waals surface area contributed by atoms with Crippen LogP contribution < -0.4 is 0 Å². The van der Waals surface area contributed by atoms with Crippen LogP contribution in [0, 0.1) is 6.92 Å². The molecular formula is C15H17NO. The van der Waals surface area contributed by atoms with Crippen LogP contribution in [0.3, 0.4) is 0 Å². The van der Waals surface area contributed by atoms with Gasteiger partial charge in [-0.2, -0.15) is 0 Å². The standard InChI is InChI=1S/C15H17NO/c1-3-17-11-13-8-6-10-15(16-13)14-9-5-4-7-12(14)2/h4-10H,3,11H2,1-2H3. The first-order chi connectivity index (χ1) is 8.31. The van der Waals surface area contributed by atoms with Crippen molar-refractivity contribution in [2.75, 3.05) is 6.61 Å². The summed E-state index contributed by atoms with van der Waals surface area (Å²) in [5.74, 6) is 0. The molecule has 1 aromatic heterocycles. The van der Waals surface area contributed by atoms with E-state index in [2.05, 4.69) is 24.0 Å². The van der Waals surface area contributed by atoms with Crippen LogP contribution in [0.1, 0.15) is 18.2 Å². The topological polar surface area (TPSA) is 22.1 Å². The fraction of sp³-hybridized carbons (Fsp3) is 0.267.